The minimum absolute atomic E-state index is 0.204. The van der Waals surface area contributed by atoms with E-state index in [1.807, 2.05) is 59.3 Å². The Hall–Kier alpha value is -2.77. The lowest BCUT2D eigenvalue weighted by Gasteiger charge is -2.11. The summed E-state index contributed by atoms with van der Waals surface area (Å²) in [5, 5.41) is 10.9. The van der Waals surface area contributed by atoms with Gasteiger partial charge in [0.1, 0.15) is 5.25 Å². The number of aromatic nitrogens is 4. The van der Waals surface area contributed by atoms with Gasteiger partial charge in [0, 0.05) is 39.8 Å². The van der Waals surface area contributed by atoms with Crippen molar-refractivity contribution in [3.05, 3.63) is 59.8 Å². The van der Waals surface area contributed by atoms with E-state index in [0.29, 0.717) is 29.0 Å². The van der Waals surface area contributed by atoms with Crippen molar-refractivity contribution in [2.75, 3.05) is 6.61 Å². The quantitative estimate of drug-likeness (QED) is 0.502. The maximum atomic E-state index is 12.0. The van der Waals surface area contributed by atoms with Crippen molar-refractivity contribution in [3.8, 4) is 17.1 Å². The highest BCUT2D eigenvalue weighted by Crippen LogP contribution is 2.35. The van der Waals surface area contributed by atoms with Gasteiger partial charge < -0.3 is 9.72 Å². The van der Waals surface area contributed by atoms with Crippen molar-refractivity contribution >= 4 is 40.2 Å². The molecule has 0 bridgehead atoms. The number of thioether (sulfide) groups is 1. The monoisotopic (exact) mass is 410 g/mol. The number of fused-ring (bicyclic) bond motifs is 1. The van der Waals surface area contributed by atoms with Gasteiger partial charge in [-0.3, -0.25) is 9.36 Å². The highest BCUT2D eigenvalue weighted by Gasteiger charge is 2.30. The van der Waals surface area contributed by atoms with E-state index in [2.05, 4.69) is 15.2 Å². The Bertz CT molecular complexity index is 1170. The van der Waals surface area contributed by atoms with E-state index in [-0.39, 0.29) is 11.2 Å². The van der Waals surface area contributed by atoms with Gasteiger partial charge in [0.05, 0.1) is 6.61 Å². The highest BCUT2D eigenvalue weighted by atomic mass is 35.5. The van der Waals surface area contributed by atoms with Crippen LogP contribution >= 0.6 is 23.4 Å². The van der Waals surface area contributed by atoms with E-state index >= 15 is 0 Å². The lowest BCUT2D eigenvalue weighted by atomic mass is 10.1. The SMILES string of the molecule is O=C1OCCC1Sc1nnc(-c2c[nH]c3ccccc23)n1-c1ccc(Cl)cc1. The van der Waals surface area contributed by atoms with Crippen molar-refractivity contribution in [2.24, 2.45) is 0 Å². The van der Waals surface area contributed by atoms with Crippen LogP contribution in [0.1, 0.15) is 6.42 Å². The Balaban J connectivity index is 1.66. The lowest BCUT2D eigenvalue weighted by molar-refractivity contribution is -0.137. The van der Waals surface area contributed by atoms with Crippen LogP contribution in [0.5, 0.6) is 0 Å². The minimum Gasteiger partial charge on any atom is -0.465 e. The number of esters is 1. The Kier molecular flexibility index (Phi) is 4.33. The standard InChI is InChI=1S/C20H15ClN4O2S/c21-12-5-7-13(8-6-12)25-18(15-11-22-16-4-2-1-3-14(15)16)23-24-20(25)28-17-9-10-27-19(17)26/h1-8,11,17,22H,9-10H2. The maximum Gasteiger partial charge on any atom is 0.319 e. The summed E-state index contributed by atoms with van der Waals surface area (Å²) in [6, 6.07) is 15.5. The fourth-order valence-electron chi connectivity index (χ4n) is 3.31. The van der Waals surface area contributed by atoms with E-state index in [0.717, 1.165) is 22.2 Å². The van der Waals surface area contributed by atoms with E-state index in [9.17, 15) is 4.79 Å². The molecule has 4 aromatic rings. The van der Waals surface area contributed by atoms with Crippen molar-refractivity contribution in [3.63, 3.8) is 0 Å². The topological polar surface area (TPSA) is 72.8 Å². The molecule has 2 aromatic carbocycles. The van der Waals surface area contributed by atoms with Gasteiger partial charge in [0.2, 0.25) is 0 Å². The second-order valence-electron chi connectivity index (χ2n) is 6.43. The molecule has 1 unspecified atom stereocenters. The van der Waals surface area contributed by atoms with Crippen LogP contribution in [0, 0.1) is 0 Å². The normalized spacial score (nSPS) is 16.6. The molecule has 1 saturated heterocycles. The summed E-state index contributed by atoms with van der Waals surface area (Å²) < 4.78 is 7.06. The van der Waals surface area contributed by atoms with E-state index in [1.54, 1.807) is 0 Å². The summed E-state index contributed by atoms with van der Waals surface area (Å²) in [7, 11) is 0. The molecule has 3 heterocycles. The number of carbonyl (C=O) groups excluding carboxylic acids is 1. The smallest absolute Gasteiger partial charge is 0.319 e. The molecule has 28 heavy (non-hydrogen) atoms. The van der Waals surface area contributed by atoms with Crippen molar-refractivity contribution in [1.29, 1.82) is 0 Å². The van der Waals surface area contributed by atoms with Crippen LogP contribution in [0.3, 0.4) is 0 Å². The van der Waals surface area contributed by atoms with Crippen LogP contribution in [0.4, 0.5) is 0 Å². The number of hydrogen-bond acceptors (Lipinski definition) is 5. The average Bonchev–Trinajstić information content (AvgIpc) is 3.42. The molecule has 6 nitrogen and oxygen atoms in total. The Labute approximate surface area is 169 Å². The van der Waals surface area contributed by atoms with Crippen molar-refractivity contribution < 1.29 is 9.53 Å². The van der Waals surface area contributed by atoms with Gasteiger partial charge in [-0.05, 0) is 30.3 Å². The summed E-state index contributed by atoms with van der Waals surface area (Å²) in [6.07, 6.45) is 2.60. The highest BCUT2D eigenvalue weighted by molar-refractivity contribution is 8.00. The zero-order valence-electron chi connectivity index (χ0n) is 14.6. The number of ether oxygens (including phenoxy) is 1. The Morgan fingerprint density at radius 1 is 1.14 bits per heavy atom. The molecule has 8 heteroatoms. The van der Waals surface area contributed by atoms with Gasteiger partial charge in [-0.15, -0.1) is 10.2 Å². The first-order chi connectivity index (χ1) is 13.7. The summed E-state index contributed by atoms with van der Waals surface area (Å²) in [6.45, 7) is 0.445. The lowest BCUT2D eigenvalue weighted by Crippen LogP contribution is -2.11. The van der Waals surface area contributed by atoms with Crippen molar-refractivity contribution in [1.82, 2.24) is 19.7 Å². The zero-order chi connectivity index (χ0) is 19.1. The Morgan fingerprint density at radius 2 is 1.96 bits per heavy atom. The number of aromatic amines is 1. The molecule has 1 fully saturated rings. The number of carbonyl (C=O) groups is 1. The van der Waals surface area contributed by atoms with Crippen LogP contribution in [0.15, 0.2) is 59.9 Å². The number of rotatable bonds is 4. The number of para-hydroxylation sites is 1. The predicted octanol–water partition coefficient (Wildman–Crippen LogP) is 4.48. The number of cyclic esters (lactones) is 1. The number of benzene rings is 2. The number of hydrogen-bond donors (Lipinski definition) is 1. The average molecular weight is 411 g/mol. The molecule has 0 amide bonds. The zero-order valence-corrected chi connectivity index (χ0v) is 16.2. The number of halogens is 1. The molecule has 5 rings (SSSR count). The van der Waals surface area contributed by atoms with E-state index < -0.39 is 0 Å². The molecule has 1 atom stereocenters. The van der Waals surface area contributed by atoms with Gasteiger partial charge >= 0.3 is 5.97 Å². The van der Waals surface area contributed by atoms with Crippen LogP contribution in [0.2, 0.25) is 5.02 Å². The number of H-pyrrole nitrogens is 1. The van der Waals surface area contributed by atoms with Gasteiger partial charge in [0.25, 0.3) is 0 Å². The van der Waals surface area contributed by atoms with Crippen LogP contribution < -0.4 is 0 Å². The first-order valence-corrected chi connectivity index (χ1v) is 10.1. The van der Waals surface area contributed by atoms with Gasteiger partial charge in [-0.25, -0.2) is 0 Å². The van der Waals surface area contributed by atoms with Gasteiger partial charge in [-0.2, -0.15) is 0 Å². The largest absolute Gasteiger partial charge is 0.465 e. The molecule has 0 radical (unpaired) electrons. The number of nitrogens with one attached hydrogen (secondary N) is 1. The summed E-state index contributed by atoms with van der Waals surface area (Å²) in [4.78, 5) is 15.2. The molecule has 1 N–H and O–H groups in total. The fourth-order valence-corrected chi connectivity index (χ4v) is 4.46. The Morgan fingerprint density at radius 3 is 2.75 bits per heavy atom. The molecule has 0 saturated carbocycles. The van der Waals surface area contributed by atoms with E-state index in [1.165, 1.54) is 11.8 Å². The first-order valence-electron chi connectivity index (χ1n) is 8.82. The molecule has 0 aliphatic carbocycles. The third-order valence-corrected chi connectivity index (χ3v) is 6.12. The molecule has 2 aromatic heterocycles. The van der Waals surface area contributed by atoms with Gasteiger partial charge in [-0.1, -0.05) is 41.6 Å². The first kappa shape index (κ1) is 17.3. The third kappa shape index (κ3) is 2.96. The van der Waals surface area contributed by atoms with Crippen LogP contribution in [-0.2, 0) is 9.53 Å². The molecular formula is C20H15ClN4O2S. The second-order valence-corrected chi connectivity index (χ2v) is 8.03. The molecule has 1 aliphatic rings. The summed E-state index contributed by atoms with van der Waals surface area (Å²) >= 11 is 7.46. The van der Waals surface area contributed by atoms with Crippen LogP contribution in [-0.4, -0.2) is 37.6 Å². The van der Waals surface area contributed by atoms with E-state index in [4.69, 9.17) is 16.3 Å². The van der Waals surface area contributed by atoms with Crippen molar-refractivity contribution in [2.45, 2.75) is 16.8 Å². The summed E-state index contributed by atoms with van der Waals surface area (Å²) in [5.41, 5.74) is 2.85. The predicted molar refractivity (Wildman–Crippen MR) is 109 cm³/mol. The third-order valence-electron chi connectivity index (χ3n) is 4.68. The molecule has 0 spiro atoms. The minimum atomic E-state index is -0.272. The molecule has 1 aliphatic heterocycles. The maximum absolute atomic E-state index is 12.0. The summed E-state index contributed by atoms with van der Waals surface area (Å²) in [5.74, 6) is 0.498. The second kappa shape index (κ2) is 7.00. The van der Waals surface area contributed by atoms with Crippen LogP contribution in [0.25, 0.3) is 28.0 Å². The number of nitrogens with zero attached hydrogens (tertiary/aromatic N) is 3. The molecular weight excluding hydrogens is 396 g/mol. The van der Waals surface area contributed by atoms with Gasteiger partial charge in [0.15, 0.2) is 11.0 Å². The fraction of sp³-hybridized carbons (Fsp3) is 0.150. The molecule has 140 valence electrons.